The average molecular weight is 500 g/mol. The number of carbonyl (C=O) groups is 1. The Bertz CT molecular complexity index is 991. The molecule has 6 nitrogen and oxygen atoms in total. The molecule has 2 aromatic carbocycles. The number of carbonyl (C=O) groups excluding carboxylic acids is 1. The second-order valence-electron chi connectivity index (χ2n) is 8.36. The standard InChI is InChI=1S/C25H30BrN3O3/c1-4-31-16-22(24(2,3)17-26)25(23(27)30,29-15-14-28-18-29)32-21-12-10-20(11-13-21)19-8-6-5-7-9-19/h5-15,18,22H,4,16-17H2,1-3H3,(H2,27,30). The van der Waals surface area contributed by atoms with E-state index in [1.165, 1.54) is 0 Å². The van der Waals surface area contributed by atoms with Gasteiger partial charge in [-0.15, -0.1) is 0 Å². The number of imidazole rings is 1. The van der Waals surface area contributed by atoms with Crippen molar-refractivity contribution < 1.29 is 14.3 Å². The first-order valence-electron chi connectivity index (χ1n) is 10.6. The summed E-state index contributed by atoms with van der Waals surface area (Å²) < 4.78 is 14.0. The minimum Gasteiger partial charge on any atom is -0.458 e. The van der Waals surface area contributed by atoms with Crippen molar-refractivity contribution >= 4 is 21.8 Å². The fourth-order valence-corrected chi connectivity index (χ4v) is 4.22. The van der Waals surface area contributed by atoms with Crippen LogP contribution in [0, 0.1) is 11.3 Å². The Balaban J connectivity index is 2.07. The van der Waals surface area contributed by atoms with Crippen LogP contribution >= 0.6 is 15.9 Å². The lowest BCUT2D eigenvalue weighted by Gasteiger charge is -2.45. The van der Waals surface area contributed by atoms with Crippen LogP contribution in [0.4, 0.5) is 0 Å². The minimum absolute atomic E-state index is 0.290. The van der Waals surface area contributed by atoms with Gasteiger partial charge in [-0.25, -0.2) is 4.98 Å². The Hall–Kier alpha value is -2.64. The molecule has 0 aliphatic rings. The first-order valence-corrected chi connectivity index (χ1v) is 11.7. The third-order valence-electron chi connectivity index (χ3n) is 5.72. The summed E-state index contributed by atoms with van der Waals surface area (Å²) in [5.41, 5.74) is 6.31. The fraction of sp³-hybridized carbons (Fsp3) is 0.360. The predicted molar refractivity (Wildman–Crippen MR) is 129 cm³/mol. The Morgan fingerprint density at radius 3 is 2.31 bits per heavy atom. The molecule has 1 amide bonds. The minimum atomic E-state index is -1.53. The molecule has 0 saturated carbocycles. The number of halogens is 1. The van der Waals surface area contributed by atoms with Crippen LogP contribution in [0.5, 0.6) is 5.75 Å². The molecule has 2 unspecified atom stereocenters. The summed E-state index contributed by atoms with van der Waals surface area (Å²) in [6, 6.07) is 17.7. The number of hydrogen-bond acceptors (Lipinski definition) is 4. The molecule has 0 radical (unpaired) electrons. The number of nitrogens with two attached hydrogens (primary N) is 1. The van der Waals surface area contributed by atoms with E-state index in [0.717, 1.165) is 11.1 Å². The molecule has 0 aliphatic carbocycles. The van der Waals surface area contributed by atoms with E-state index in [0.29, 0.717) is 17.7 Å². The van der Waals surface area contributed by atoms with Crippen molar-refractivity contribution in [3.8, 4) is 16.9 Å². The lowest BCUT2D eigenvalue weighted by atomic mass is 9.73. The van der Waals surface area contributed by atoms with Crippen LogP contribution in [0.1, 0.15) is 20.8 Å². The first-order chi connectivity index (χ1) is 15.3. The number of benzene rings is 2. The molecule has 0 bridgehead atoms. The average Bonchev–Trinajstić information content (AvgIpc) is 3.34. The molecular weight excluding hydrogens is 470 g/mol. The molecule has 3 rings (SSSR count). The summed E-state index contributed by atoms with van der Waals surface area (Å²) in [5.74, 6) is -0.486. The number of hydrogen-bond donors (Lipinski definition) is 1. The van der Waals surface area contributed by atoms with Crippen molar-refractivity contribution in [1.29, 1.82) is 0 Å². The van der Waals surface area contributed by atoms with Crippen molar-refractivity contribution in [3.63, 3.8) is 0 Å². The van der Waals surface area contributed by atoms with Gasteiger partial charge in [-0.3, -0.25) is 9.36 Å². The van der Waals surface area contributed by atoms with Gasteiger partial charge in [0.05, 0.1) is 18.9 Å². The quantitative estimate of drug-likeness (QED) is 0.382. The van der Waals surface area contributed by atoms with Gasteiger partial charge in [0.2, 0.25) is 0 Å². The lowest BCUT2D eigenvalue weighted by molar-refractivity contribution is -0.166. The third-order valence-corrected chi connectivity index (χ3v) is 7.17. The van der Waals surface area contributed by atoms with E-state index in [1.54, 1.807) is 23.3 Å². The van der Waals surface area contributed by atoms with Gasteiger partial charge in [0.25, 0.3) is 11.6 Å². The number of primary amides is 1. The van der Waals surface area contributed by atoms with Gasteiger partial charge < -0.3 is 15.2 Å². The maximum atomic E-state index is 13.2. The van der Waals surface area contributed by atoms with Gasteiger partial charge >= 0.3 is 0 Å². The maximum Gasteiger partial charge on any atom is 0.284 e. The molecule has 1 aromatic heterocycles. The molecule has 0 aliphatic heterocycles. The van der Waals surface area contributed by atoms with Gasteiger partial charge in [-0.2, -0.15) is 0 Å². The van der Waals surface area contributed by atoms with Crippen LogP contribution in [0.25, 0.3) is 11.1 Å². The highest BCUT2D eigenvalue weighted by atomic mass is 79.9. The van der Waals surface area contributed by atoms with E-state index in [2.05, 4.69) is 34.8 Å². The number of rotatable bonds is 11. The largest absolute Gasteiger partial charge is 0.458 e. The van der Waals surface area contributed by atoms with E-state index in [1.807, 2.05) is 61.5 Å². The van der Waals surface area contributed by atoms with Crippen molar-refractivity contribution in [2.75, 3.05) is 18.5 Å². The van der Waals surface area contributed by atoms with Crippen molar-refractivity contribution in [1.82, 2.24) is 9.55 Å². The summed E-state index contributed by atoms with van der Waals surface area (Å²) in [6.07, 6.45) is 4.87. The van der Waals surface area contributed by atoms with Crippen LogP contribution in [-0.4, -0.2) is 34.0 Å². The Kier molecular flexibility index (Phi) is 7.74. The first kappa shape index (κ1) is 24.0. The lowest BCUT2D eigenvalue weighted by Crippen LogP contribution is -2.61. The number of aromatic nitrogens is 2. The second-order valence-corrected chi connectivity index (χ2v) is 8.92. The molecule has 32 heavy (non-hydrogen) atoms. The third kappa shape index (κ3) is 4.89. The molecule has 170 valence electrons. The zero-order chi connectivity index (χ0) is 23.2. The van der Waals surface area contributed by atoms with Gasteiger partial charge in [0.15, 0.2) is 0 Å². The Morgan fingerprint density at radius 2 is 1.78 bits per heavy atom. The van der Waals surface area contributed by atoms with Crippen molar-refractivity contribution in [3.05, 3.63) is 73.3 Å². The van der Waals surface area contributed by atoms with Gasteiger partial charge in [-0.05, 0) is 35.6 Å². The smallest absolute Gasteiger partial charge is 0.284 e. The van der Waals surface area contributed by atoms with E-state index in [4.69, 9.17) is 15.2 Å². The molecule has 0 fully saturated rings. The normalized spacial score (nSPS) is 14.5. The van der Waals surface area contributed by atoms with E-state index in [9.17, 15) is 4.79 Å². The van der Waals surface area contributed by atoms with E-state index in [-0.39, 0.29) is 6.61 Å². The summed E-state index contributed by atoms with van der Waals surface area (Å²) in [6.45, 7) is 6.84. The highest BCUT2D eigenvalue weighted by molar-refractivity contribution is 9.09. The van der Waals surface area contributed by atoms with Crippen molar-refractivity contribution in [2.45, 2.75) is 26.5 Å². The van der Waals surface area contributed by atoms with Crippen LogP contribution in [-0.2, 0) is 15.3 Å². The molecule has 2 N–H and O–H groups in total. The molecule has 3 aromatic rings. The number of amides is 1. The SMILES string of the molecule is CCOCC(C(C)(C)CBr)C(Oc1ccc(-c2ccccc2)cc1)(C(N)=O)n1ccnc1. The molecule has 0 saturated heterocycles. The molecule has 0 spiro atoms. The summed E-state index contributed by atoms with van der Waals surface area (Å²) >= 11 is 3.60. The summed E-state index contributed by atoms with van der Waals surface area (Å²) in [4.78, 5) is 17.3. The van der Waals surface area contributed by atoms with E-state index >= 15 is 0 Å². The highest BCUT2D eigenvalue weighted by Crippen LogP contribution is 2.43. The molecule has 7 heteroatoms. The Morgan fingerprint density at radius 1 is 1.12 bits per heavy atom. The van der Waals surface area contributed by atoms with Gasteiger partial charge in [-0.1, -0.05) is 72.2 Å². The van der Waals surface area contributed by atoms with Crippen LogP contribution in [0.2, 0.25) is 0 Å². The number of alkyl halides is 1. The topological polar surface area (TPSA) is 79.4 Å². The summed E-state index contributed by atoms with van der Waals surface area (Å²) in [5, 5.41) is 0.623. The van der Waals surface area contributed by atoms with Crippen molar-refractivity contribution in [2.24, 2.45) is 17.1 Å². The highest BCUT2D eigenvalue weighted by Gasteiger charge is 2.54. The van der Waals surface area contributed by atoms with Crippen LogP contribution < -0.4 is 10.5 Å². The maximum absolute atomic E-state index is 13.2. The molecule has 2 atom stereocenters. The Labute approximate surface area is 197 Å². The zero-order valence-corrected chi connectivity index (χ0v) is 20.3. The van der Waals surface area contributed by atoms with Crippen LogP contribution in [0.3, 0.4) is 0 Å². The van der Waals surface area contributed by atoms with Gasteiger partial charge in [0, 0.05) is 24.3 Å². The monoisotopic (exact) mass is 499 g/mol. The van der Waals surface area contributed by atoms with E-state index < -0.39 is 23.0 Å². The number of ether oxygens (including phenoxy) is 2. The second kappa shape index (κ2) is 10.3. The fourth-order valence-electron chi connectivity index (χ4n) is 3.83. The molecule has 1 heterocycles. The van der Waals surface area contributed by atoms with Crippen LogP contribution in [0.15, 0.2) is 73.3 Å². The number of nitrogens with zero attached hydrogens (tertiary/aromatic N) is 2. The predicted octanol–water partition coefficient (Wildman–Crippen LogP) is 4.84. The molecular formula is C25H30BrN3O3. The summed E-state index contributed by atoms with van der Waals surface area (Å²) in [7, 11) is 0. The zero-order valence-electron chi connectivity index (χ0n) is 18.7. The van der Waals surface area contributed by atoms with Gasteiger partial charge in [0.1, 0.15) is 5.75 Å².